The van der Waals surface area contributed by atoms with Gasteiger partial charge in [0, 0.05) is 17.1 Å². The molecular weight excluding hydrogens is 518 g/mol. The van der Waals surface area contributed by atoms with Crippen LogP contribution in [0, 0.1) is 0 Å². The van der Waals surface area contributed by atoms with Crippen LogP contribution in [0.1, 0.15) is 0 Å². The first-order valence-electron chi connectivity index (χ1n) is 14.9. The average Bonchev–Trinajstić information content (AvgIpc) is 3.08. The Morgan fingerprint density at radius 3 is 1.30 bits per heavy atom. The fraction of sp³-hybridized carbons (Fsp3) is 0. The van der Waals surface area contributed by atoms with Gasteiger partial charge in [-0.25, -0.2) is 0 Å². The van der Waals surface area contributed by atoms with E-state index in [-0.39, 0.29) is 0 Å². The van der Waals surface area contributed by atoms with E-state index in [1.54, 1.807) is 0 Å². The molecule has 0 saturated heterocycles. The lowest BCUT2D eigenvalue weighted by molar-refractivity contribution is 1.30. The lowest BCUT2D eigenvalue weighted by Gasteiger charge is -2.27. The predicted molar refractivity (Wildman–Crippen MR) is 186 cm³/mol. The van der Waals surface area contributed by atoms with Crippen LogP contribution in [0.4, 0.5) is 17.1 Å². The Balaban J connectivity index is 1.35. The van der Waals surface area contributed by atoms with Gasteiger partial charge in [-0.05, 0) is 101 Å². The van der Waals surface area contributed by atoms with Crippen molar-refractivity contribution >= 4 is 81.7 Å². The van der Waals surface area contributed by atoms with Crippen LogP contribution in [0.3, 0.4) is 0 Å². The summed E-state index contributed by atoms with van der Waals surface area (Å²) in [7, 11) is 0. The van der Waals surface area contributed by atoms with E-state index in [1.807, 2.05) is 0 Å². The van der Waals surface area contributed by atoms with Crippen molar-refractivity contribution < 1.29 is 0 Å². The van der Waals surface area contributed by atoms with E-state index in [9.17, 15) is 0 Å². The third-order valence-corrected chi connectivity index (χ3v) is 8.97. The molecule has 0 radical (unpaired) electrons. The number of benzene rings is 9. The molecule has 0 fully saturated rings. The fourth-order valence-electron chi connectivity index (χ4n) is 6.93. The maximum absolute atomic E-state index is 2.41. The van der Waals surface area contributed by atoms with E-state index in [2.05, 4.69) is 169 Å². The van der Waals surface area contributed by atoms with Gasteiger partial charge in [-0.1, -0.05) is 127 Å². The Bertz CT molecular complexity index is 2490. The zero-order chi connectivity index (χ0) is 28.3. The van der Waals surface area contributed by atoms with Crippen LogP contribution >= 0.6 is 0 Å². The third-order valence-electron chi connectivity index (χ3n) is 8.97. The quantitative estimate of drug-likeness (QED) is 0.200. The molecule has 1 heteroatoms. The zero-order valence-electron chi connectivity index (χ0n) is 23.5. The minimum absolute atomic E-state index is 1.14. The van der Waals surface area contributed by atoms with E-state index in [0.29, 0.717) is 0 Å². The molecule has 0 heterocycles. The van der Waals surface area contributed by atoms with Gasteiger partial charge in [0.2, 0.25) is 0 Å². The van der Waals surface area contributed by atoms with Gasteiger partial charge in [-0.15, -0.1) is 0 Å². The number of nitrogens with zero attached hydrogens (tertiary/aromatic N) is 1. The fourth-order valence-corrected chi connectivity index (χ4v) is 6.93. The maximum atomic E-state index is 2.41. The molecule has 0 amide bonds. The molecule has 9 aromatic carbocycles. The Labute approximate surface area is 249 Å². The number of rotatable bonds is 3. The predicted octanol–water partition coefficient (Wildman–Crippen LogP) is 12.1. The number of hydrogen-bond donors (Lipinski definition) is 0. The normalized spacial score (nSPS) is 11.7. The first-order valence-corrected chi connectivity index (χ1v) is 14.9. The molecule has 200 valence electrons. The summed E-state index contributed by atoms with van der Waals surface area (Å²) in [6.07, 6.45) is 0. The van der Waals surface area contributed by atoms with E-state index < -0.39 is 0 Å². The number of fused-ring (bicyclic) bond motifs is 10. The Morgan fingerprint density at radius 1 is 0.233 bits per heavy atom. The van der Waals surface area contributed by atoms with E-state index in [4.69, 9.17) is 0 Å². The molecular formula is C42H27N. The van der Waals surface area contributed by atoms with Gasteiger partial charge in [0.1, 0.15) is 0 Å². The summed E-state index contributed by atoms with van der Waals surface area (Å²) in [6.45, 7) is 0. The lowest BCUT2D eigenvalue weighted by Crippen LogP contribution is -2.10. The molecule has 0 spiro atoms. The molecule has 0 bridgehead atoms. The van der Waals surface area contributed by atoms with Crippen LogP contribution < -0.4 is 4.90 Å². The minimum atomic E-state index is 1.14. The van der Waals surface area contributed by atoms with Crippen molar-refractivity contribution in [3.63, 3.8) is 0 Å². The smallest absolute Gasteiger partial charge is 0.0468 e. The second-order valence-corrected chi connectivity index (χ2v) is 11.4. The first kappa shape index (κ1) is 24.0. The summed E-state index contributed by atoms with van der Waals surface area (Å²) < 4.78 is 0. The highest BCUT2D eigenvalue weighted by atomic mass is 15.1. The topological polar surface area (TPSA) is 3.24 Å². The largest absolute Gasteiger partial charge is 0.310 e. The van der Waals surface area contributed by atoms with Crippen LogP contribution in [-0.4, -0.2) is 0 Å². The second-order valence-electron chi connectivity index (χ2n) is 11.4. The van der Waals surface area contributed by atoms with Gasteiger partial charge < -0.3 is 4.90 Å². The van der Waals surface area contributed by atoms with Gasteiger partial charge in [0.25, 0.3) is 0 Å². The lowest BCUT2D eigenvalue weighted by atomic mass is 9.94. The summed E-state index contributed by atoms with van der Waals surface area (Å²) in [5, 5.41) is 15.2. The molecule has 0 aliphatic rings. The summed E-state index contributed by atoms with van der Waals surface area (Å²) in [5.74, 6) is 0. The standard InChI is InChI=1S/C42H27N/c1-2-11-31-25-32(21-19-28(31)9-1)43(33-22-20-30-18-17-29-10-3-4-12-35(29)41(30)26-33)34-23-24-40-38-15-6-5-13-36(38)37-14-7-8-16-39(37)42(40)27-34/h1-27H. The van der Waals surface area contributed by atoms with Crippen molar-refractivity contribution in [2.24, 2.45) is 0 Å². The highest BCUT2D eigenvalue weighted by Gasteiger charge is 2.17. The van der Waals surface area contributed by atoms with Crippen molar-refractivity contribution in [3.05, 3.63) is 164 Å². The summed E-state index contributed by atoms with van der Waals surface area (Å²) in [4.78, 5) is 2.41. The molecule has 9 rings (SSSR count). The van der Waals surface area contributed by atoms with Gasteiger partial charge in [-0.2, -0.15) is 0 Å². The molecule has 43 heavy (non-hydrogen) atoms. The number of hydrogen-bond acceptors (Lipinski definition) is 1. The van der Waals surface area contributed by atoms with Gasteiger partial charge in [-0.3, -0.25) is 0 Å². The monoisotopic (exact) mass is 545 g/mol. The Morgan fingerprint density at radius 2 is 0.628 bits per heavy atom. The minimum Gasteiger partial charge on any atom is -0.310 e. The van der Waals surface area contributed by atoms with Crippen LogP contribution in [0.5, 0.6) is 0 Å². The van der Waals surface area contributed by atoms with Crippen molar-refractivity contribution in [2.75, 3.05) is 4.90 Å². The Hall–Kier alpha value is -5.66. The molecule has 0 unspecified atom stereocenters. The summed E-state index contributed by atoms with van der Waals surface area (Å²) in [5.41, 5.74) is 3.43. The molecule has 0 saturated carbocycles. The third kappa shape index (κ3) is 3.79. The molecule has 0 atom stereocenters. The zero-order valence-corrected chi connectivity index (χ0v) is 23.5. The molecule has 0 aliphatic carbocycles. The summed E-state index contributed by atoms with van der Waals surface area (Å²) in [6, 6.07) is 59.9. The van der Waals surface area contributed by atoms with E-state index in [0.717, 1.165) is 17.1 Å². The molecule has 0 N–H and O–H groups in total. The van der Waals surface area contributed by atoms with Gasteiger partial charge >= 0.3 is 0 Å². The molecule has 1 nitrogen and oxygen atoms in total. The molecule has 0 aliphatic heterocycles. The molecule has 9 aromatic rings. The van der Waals surface area contributed by atoms with Crippen LogP contribution in [0.25, 0.3) is 64.6 Å². The average molecular weight is 546 g/mol. The maximum Gasteiger partial charge on any atom is 0.0468 e. The summed E-state index contributed by atoms with van der Waals surface area (Å²) >= 11 is 0. The van der Waals surface area contributed by atoms with Gasteiger partial charge in [0.15, 0.2) is 0 Å². The highest BCUT2D eigenvalue weighted by Crippen LogP contribution is 2.42. The van der Waals surface area contributed by atoms with Crippen LogP contribution in [-0.2, 0) is 0 Å². The van der Waals surface area contributed by atoms with Crippen LogP contribution in [0.15, 0.2) is 164 Å². The van der Waals surface area contributed by atoms with Crippen LogP contribution in [0.2, 0.25) is 0 Å². The Kier molecular flexibility index (Phi) is 5.27. The van der Waals surface area contributed by atoms with Crippen molar-refractivity contribution in [1.29, 1.82) is 0 Å². The second kappa shape index (κ2) is 9.44. The first-order chi connectivity index (χ1) is 21.3. The van der Waals surface area contributed by atoms with Crippen molar-refractivity contribution in [1.82, 2.24) is 0 Å². The number of anilines is 3. The molecule has 0 aromatic heterocycles. The van der Waals surface area contributed by atoms with Gasteiger partial charge in [0.05, 0.1) is 0 Å². The van der Waals surface area contributed by atoms with Crippen molar-refractivity contribution in [2.45, 2.75) is 0 Å². The highest BCUT2D eigenvalue weighted by molar-refractivity contribution is 6.25. The van der Waals surface area contributed by atoms with E-state index in [1.165, 1.54) is 64.6 Å². The van der Waals surface area contributed by atoms with Crippen molar-refractivity contribution in [3.8, 4) is 0 Å². The SMILES string of the molecule is c1ccc2cc(N(c3ccc4ccc5ccccc5c4c3)c3ccc4c5ccccc5c5ccccc5c4c3)ccc2c1. The van der Waals surface area contributed by atoms with E-state index >= 15 is 0 Å².